The lowest BCUT2D eigenvalue weighted by atomic mass is 9.91. The Hall–Kier alpha value is -1.06. The number of ether oxygens (including phenoxy) is 1. The molecule has 0 bridgehead atoms. The molecule has 20 heavy (non-hydrogen) atoms. The first-order chi connectivity index (χ1) is 9.69. The van der Waals surface area contributed by atoms with Crippen LogP contribution in [0.25, 0.3) is 0 Å². The van der Waals surface area contributed by atoms with Crippen LogP contribution < -0.4 is 10.5 Å². The first kappa shape index (κ1) is 15.3. The molecule has 0 aromatic heterocycles. The van der Waals surface area contributed by atoms with Gasteiger partial charge in [0.2, 0.25) is 0 Å². The highest BCUT2D eigenvalue weighted by atomic mass is 16.5. The van der Waals surface area contributed by atoms with E-state index >= 15 is 0 Å². The lowest BCUT2D eigenvalue weighted by Crippen LogP contribution is -2.38. The highest BCUT2D eigenvalue weighted by molar-refractivity contribution is 5.27. The van der Waals surface area contributed by atoms with Crippen molar-refractivity contribution in [3.8, 4) is 5.75 Å². The first-order valence-electron chi connectivity index (χ1n) is 7.86. The lowest BCUT2D eigenvalue weighted by molar-refractivity contribution is 0.176. The molecule has 0 radical (unpaired) electrons. The number of hydrogen-bond acceptors (Lipinski definition) is 3. The molecule has 0 amide bonds. The molecule has 0 atom stereocenters. The van der Waals surface area contributed by atoms with E-state index in [1.165, 1.54) is 31.2 Å². The minimum atomic E-state index is 0.426. The fourth-order valence-electron chi connectivity index (χ4n) is 2.87. The molecule has 1 saturated carbocycles. The van der Waals surface area contributed by atoms with Crippen molar-refractivity contribution in [2.45, 2.75) is 57.7 Å². The van der Waals surface area contributed by atoms with Gasteiger partial charge in [-0.3, -0.25) is 4.90 Å². The average Bonchev–Trinajstić information content (AvgIpc) is 2.47. The molecule has 0 spiro atoms. The van der Waals surface area contributed by atoms with Crippen molar-refractivity contribution < 1.29 is 4.74 Å². The smallest absolute Gasteiger partial charge is 0.119 e. The van der Waals surface area contributed by atoms with E-state index in [-0.39, 0.29) is 0 Å². The fourth-order valence-corrected chi connectivity index (χ4v) is 2.87. The topological polar surface area (TPSA) is 38.5 Å². The first-order valence-corrected chi connectivity index (χ1v) is 7.86. The van der Waals surface area contributed by atoms with Crippen molar-refractivity contribution >= 4 is 0 Å². The number of nitrogens with zero attached hydrogens (tertiary/aromatic N) is 1. The van der Waals surface area contributed by atoms with Gasteiger partial charge >= 0.3 is 0 Å². The summed E-state index contributed by atoms with van der Waals surface area (Å²) in [5.74, 6) is 0.974. The van der Waals surface area contributed by atoms with Gasteiger partial charge in [0, 0.05) is 18.6 Å². The molecular formula is C17H28N2O. The van der Waals surface area contributed by atoms with Crippen LogP contribution in [-0.4, -0.2) is 30.6 Å². The summed E-state index contributed by atoms with van der Waals surface area (Å²) in [6.07, 6.45) is 5.84. The summed E-state index contributed by atoms with van der Waals surface area (Å²) in [5, 5.41) is 0. The summed E-state index contributed by atoms with van der Waals surface area (Å²) in [5.41, 5.74) is 7.33. The zero-order valence-corrected chi connectivity index (χ0v) is 12.8. The van der Waals surface area contributed by atoms with Gasteiger partial charge in [0.15, 0.2) is 0 Å². The summed E-state index contributed by atoms with van der Waals surface area (Å²) in [4.78, 5) is 2.47. The van der Waals surface area contributed by atoms with Gasteiger partial charge in [0.05, 0.1) is 6.61 Å². The average molecular weight is 276 g/mol. The van der Waals surface area contributed by atoms with Gasteiger partial charge in [0.1, 0.15) is 5.75 Å². The number of benzene rings is 1. The third kappa shape index (κ3) is 4.50. The standard InChI is InChI=1S/C17H28N2O/c1-3-12-20-17-10-4-14(5-11-17)13-19(2)16-8-6-15(18)7-9-16/h4-5,10-11,15-16H,3,6-9,12-13,18H2,1-2H3. The lowest BCUT2D eigenvalue weighted by Gasteiger charge is -2.33. The van der Waals surface area contributed by atoms with Gasteiger partial charge < -0.3 is 10.5 Å². The molecule has 1 aromatic carbocycles. The van der Waals surface area contributed by atoms with E-state index in [0.29, 0.717) is 12.1 Å². The minimum Gasteiger partial charge on any atom is -0.494 e. The number of nitrogens with two attached hydrogens (primary N) is 1. The number of hydrogen-bond donors (Lipinski definition) is 1. The summed E-state index contributed by atoms with van der Waals surface area (Å²) in [6.45, 7) is 3.93. The van der Waals surface area contributed by atoms with Gasteiger partial charge in [0.25, 0.3) is 0 Å². The SMILES string of the molecule is CCCOc1ccc(CN(C)C2CCC(N)CC2)cc1. The Balaban J connectivity index is 1.83. The number of rotatable bonds is 6. The van der Waals surface area contributed by atoms with Crippen LogP contribution in [0, 0.1) is 0 Å². The van der Waals surface area contributed by atoms with Crippen LogP contribution in [-0.2, 0) is 6.54 Å². The maximum Gasteiger partial charge on any atom is 0.119 e. The maximum absolute atomic E-state index is 5.97. The molecule has 3 heteroatoms. The van der Waals surface area contributed by atoms with Crippen LogP contribution in [0.3, 0.4) is 0 Å². The van der Waals surface area contributed by atoms with Crippen molar-refractivity contribution in [1.29, 1.82) is 0 Å². The van der Waals surface area contributed by atoms with Crippen molar-refractivity contribution in [1.82, 2.24) is 4.90 Å². The van der Waals surface area contributed by atoms with Crippen molar-refractivity contribution in [3.63, 3.8) is 0 Å². The van der Waals surface area contributed by atoms with E-state index < -0.39 is 0 Å². The van der Waals surface area contributed by atoms with Crippen LogP contribution in [0.15, 0.2) is 24.3 Å². The third-order valence-electron chi connectivity index (χ3n) is 4.19. The zero-order chi connectivity index (χ0) is 14.4. The third-order valence-corrected chi connectivity index (χ3v) is 4.19. The Labute approximate surface area is 123 Å². The molecule has 2 N–H and O–H groups in total. The molecule has 1 aliphatic carbocycles. The van der Waals surface area contributed by atoms with Crippen LogP contribution in [0.1, 0.15) is 44.6 Å². The quantitative estimate of drug-likeness (QED) is 0.867. The minimum absolute atomic E-state index is 0.426. The highest BCUT2D eigenvalue weighted by Gasteiger charge is 2.21. The van der Waals surface area contributed by atoms with Crippen LogP contribution >= 0.6 is 0 Å². The predicted octanol–water partition coefficient (Wildman–Crippen LogP) is 3.18. The van der Waals surface area contributed by atoms with E-state index in [4.69, 9.17) is 10.5 Å². The second-order valence-electron chi connectivity index (χ2n) is 5.98. The molecule has 0 heterocycles. The normalized spacial score (nSPS) is 23.0. The van der Waals surface area contributed by atoms with Crippen LogP contribution in [0.2, 0.25) is 0 Å². The Morgan fingerprint density at radius 1 is 1.15 bits per heavy atom. The zero-order valence-electron chi connectivity index (χ0n) is 12.8. The van der Waals surface area contributed by atoms with E-state index in [0.717, 1.165) is 25.3 Å². The molecule has 1 aromatic rings. The molecular weight excluding hydrogens is 248 g/mol. The molecule has 3 nitrogen and oxygen atoms in total. The summed E-state index contributed by atoms with van der Waals surface area (Å²) < 4.78 is 5.62. The van der Waals surface area contributed by atoms with Gasteiger partial charge in [-0.05, 0) is 56.8 Å². The molecule has 1 fully saturated rings. The summed E-state index contributed by atoms with van der Waals surface area (Å²) in [6, 6.07) is 9.62. The van der Waals surface area contributed by atoms with E-state index in [1.54, 1.807) is 0 Å². The monoisotopic (exact) mass is 276 g/mol. The van der Waals surface area contributed by atoms with Gasteiger partial charge in [-0.25, -0.2) is 0 Å². The van der Waals surface area contributed by atoms with Gasteiger partial charge in [-0.15, -0.1) is 0 Å². The predicted molar refractivity (Wildman–Crippen MR) is 83.9 cm³/mol. The second kappa shape index (κ2) is 7.65. The van der Waals surface area contributed by atoms with E-state index in [1.807, 2.05) is 0 Å². The highest BCUT2D eigenvalue weighted by Crippen LogP contribution is 2.23. The summed E-state index contributed by atoms with van der Waals surface area (Å²) >= 11 is 0. The molecule has 0 saturated heterocycles. The van der Waals surface area contributed by atoms with Crippen LogP contribution in [0.4, 0.5) is 0 Å². The van der Waals surface area contributed by atoms with Gasteiger partial charge in [-0.1, -0.05) is 19.1 Å². The van der Waals surface area contributed by atoms with Crippen LogP contribution in [0.5, 0.6) is 5.75 Å². The Morgan fingerprint density at radius 3 is 2.40 bits per heavy atom. The Bertz CT molecular complexity index is 382. The largest absolute Gasteiger partial charge is 0.494 e. The Morgan fingerprint density at radius 2 is 1.80 bits per heavy atom. The summed E-state index contributed by atoms with van der Waals surface area (Å²) in [7, 11) is 2.23. The fraction of sp³-hybridized carbons (Fsp3) is 0.647. The van der Waals surface area contributed by atoms with Crippen molar-refractivity contribution in [2.75, 3.05) is 13.7 Å². The Kier molecular flexibility index (Phi) is 5.86. The van der Waals surface area contributed by atoms with Crippen molar-refractivity contribution in [2.24, 2.45) is 5.73 Å². The molecule has 112 valence electrons. The molecule has 0 aliphatic heterocycles. The molecule has 1 aliphatic rings. The van der Waals surface area contributed by atoms with E-state index in [9.17, 15) is 0 Å². The van der Waals surface area contributed by atoms with E-state index in [2.05, 4.69) is 43.1 Å². The maximum atomic E-state index is 5.97. The molecule has 2 rings (SSSR count). The second-order valence-corrected chi connectivity index (χ2v) is 5.98. The van der Waals surface area contributed by atoms with Crippen molar-refractivity contribution in [3.05, 3.63) is 29.8 Å². The van der Waals surface area contributed by atoms with Gasteiger partial charge in [-0.2, -0.15) is 0 Å². The molecule has 0 unspecified atom stereocenters.